The number of benzene rings is 1. The number of amides is 1. The highest BCUT2D eigenvalue weighted by atomic mass is 32.1. The molecule has 0 fully saturated rings. The van der Waals surface area contributed by atoms with Crippen LogP contribution in [0.15, 0.2) is 35.7 Å². The Kier molecular flexibility index (Phi) is 9.11. The second-order valence-electron chi connectivity index (χ2n) is 8.62. The van der Waals surface area contributed by atoms with Gasteiger partial charge in [-0.3, -0.25) is 9.69 Å². The lowest BCUT2D eigenvalue weighted by Gasteiger charge is -2.37. The fraction of sp³-hybridized carbons (Fsp3) is 0.560. The van der Waals surface area contributed by atoms with Gasteiger partial charge in [0, 0.05) is 25.1 Å². The minimum absolute atomic E-state index is 0.0667. The summed E-state index contributed by atoms with van der Waals surface area (Å²) < 4.78 is 11.2. The van der Waals surface area contributed by atoms with E-state index in [1.807, 2.05) is 28.9 Å². The van der Waals surface area contributed by atoms with Crippen LogP contribution in [0.2, 0.25) is 0 Å². The van der Waals surface area contributed by atoms with Crippen molar-refractivity contribution >= 4 is 17.2 Å². The predicted molar refractivity (Wildman–Crippen MR) is 128 cm³/mol. The van der Waals surface area contributed by atoms with E-state index in [0.29, 0.717) is 32.2 Å². The first kappa shape index (κ1) is 24.7. The van der Waals surface area contributed by atoms with Crippen LogP contribution in [-0.4, -0.2) is 73.4 Å². The van der Waals surface area contributed by atoms with Gasteiger partial charge in [0.25, 0.3) is 0 Å². The zero-order valence-electron chi connectivity index (χ0n) is 19.6. The Morgan fingerprint density at radius 3 is 2.69 bits per heavy atom. The third-order valence-electron chi connectivity index (χ3n) is 6.00. The summed E-state index contributed by atoms with van der Waals surface area (Å²) in [4.78, 5) is 18.6. The molecule has 0 bridgehead atoms. The van der Waals surface area contributed by atoms with Gasteiger partial charge in [-0.05, 0) is 53.6 Å². The molecular weight excluding hydrogens is 424 g/mol. The van der Waals surface area contributed by atoms with E-state index in [4.69, 9.17) is 9.47 Å². The van der Waals surface area contributed by atoms with Crippen LogP contribution in [0.1, 0.15) is 48.7 Å². The van der Waals surface area contributed by atoms with Crippen molar-refractivity contribution in [3.8, 4) is 5.75 Å². The number of hydrogen-bond acceptors (Lipinski definition) is 6. The molecule has 0 aliphatic carbocycles. The number of carbonyl (C=O) groups excluding carboxylic acids is 1. The molecule has 2 atom stereocenters. The van der Waals surface area contributed by atoms with E-state index in [-0.39, 0.29) is 25.1 Å². The molecule has 1 aromatic heterocycles. The normalized spacial score (nSPS) is 17.0. The van der Waals surface area contributed by atoms with Crippen LogP contribution in [0.3, 0.4) is 0 Å². The molecule has 1 amide bonds. The van der Waals surface area contributed by atoms with Gasteiger partial charge in [0.05, 0.1) is 25.3 Å². The lowest BCUT2D eigenvalue weighted by atomic mass is 10.00. The summed E-state index contributed by atoms with van der Waals surface area (Å²) in [6, 6.07) is 10.2. The molecule has 2 aromatic rings. The van der Waals surface area contributed by atoms with Crippen LogP contribution in [-0.2, 0) is 16.0 Å². The van der Waals surface area contributed by atoms with Crippen molar-refractivity contribution in [2.75, 3.05) is 46.5 Å². The number of fused-ring (bicyclic) bond motifs is 1. The number of aliphatic hydroxyl groups excluding tert-OH is 1. The first-order chi connectivity index (χ1) is 15.4. The Morgan fingerprint density at radius 2 is 2.03 bits per heavy atom. The third kappa shape index (κ3) is 6.32. The van der Waals surface area contributed by atoms with Gasteiger partial charge < -0.3 is 19.5 Å². The second-order valence-corrected chi connectivity index (χ2v) is 9.62. The monoisotopic (exact) mass is 460 g/mol. The molecule has 3 rings (SSSR count). The minimum atomic E-state index is -0.606. The average molecular weight is 461 g/mol. The first-order valence-corrected chi connectivity index (χ1v) is 12.3. The topological polar surface area (TPSA) is 62.2 Å². The fourth-order valence-corrected chi connectivity index (χ4v) is 5.06. The van der Waals surface area contributed by atoms with E-state index in [1.54, 1.807) is 18.4 Å². The van der Waals surface area contributed by atoms with Crippen LogP contribution < -0.4 is 4.74 Å². The molecule has 32 heavy (non-hydrogen) atoms. The van der Waals surface area contributed by atoms with Crippen LogP contribution >= 0.6 is 11.3 Å². The standard InChI is InChI=1S/C25H36N2O4S/c1-5-26(14-20(28)16-30-4)15-25(29)27-12-10-24-22(11-13-32-24)23(27)17-31-21-8-6-19(7-9-21)18(2)3/h6-9,11,13,18,20,23,28H,5,10,12,14-17H2,1-4H3/t20-,23-/m1/s1. The van der Waals surface area contributed by atoms with Gasteiger partial charge in [-0.1, -0.05) is 32.9 Å². The van der Waals surface area contributed by atoms with Crippen LogP contribution in [0, 0.1) is 0 Å². The molecule has 0 saturated heterocycles. The number of aliphatic hydroxyl groups is 1. The fourth-order valence-electron chi connectivity index (χ4n) is 4.13. The Hall–Kier alpha value is -1.93. The number of carbonyl (C=O) groups is 1. The maximum Gasteiger partial charge on any atom is 0.237 e. The van der Waals surface area contributed by atoms with Crippen molar-refractivity contribution in [1.82, 2.24) is 9.80 Å². The maximum atomic E-state index is 13.3. The van der Waals surface area contributed by atoms with Crippen molar-refractivity contribution in [1.29, 1.82) is 0 Å². The zero-order valence-corrected chi connectivity index (χ0v) is 20.4. The predicted octanol–water partition coefficient (Wildman–Crippen LogP) is 3.71. The number of thiophene rings is 1. The van der Waals surface area contributed by atoms with E-state index in [9.17, 15) is 9.90 Å². The highest BCUT2D eigenvalue weighted by molar-refractivity contribution is 7.10. The molecule has 176 valence electrons. The molecule has 0 unspecified atom stereocenters. The van der Waals surface area contributed by atoms with Gasteiger partial charge in [0.1, 0.15) is 12.4 Å². The summed E-state index contributed by atoms with van der Waals surface area (Å²) in [5.41, 5.74) is 2.47. The number of methoxy groups -OCH3 is 1. The SMILES string of the molecule is CCN(CC(=O)N1CCc2sccc2[C@H]1COc1ccc(C(C)C)cc1)C[C@@H](O)COC. The molecule has 7 heteroatoms. The third-order valence-corrected chi connectivity index (χ3v) is 7.00. The molecule has 1 N–H and O–H groups in total. The largest absolute Gasteiger partial charge is 0.491 e. The Labute approximate surface area is 195 Å². The minimum Gasteiger partial charge on any atom is -0.491 e. The quantitative estimate of drug-likeness (QED) is 0.554. The zero-order chi connectivity index (χ0) is 23.1. The van der Waals surface area contributed by atoms with Gasteiger partial charge in [-0.2, -0.15) is 0 Å². The summed E-state index contributed by atoms with van der Waals surface area (Å²) >= 11 is 1.75. The summed E-state index contributed by atoms with van der Waals surface area (Å²) in [5, 5.41) is 12.2. The van der Waals surface area contributed by atoms with Crippen LogP contribution in [0.25, 0.3) is 0 Å². The van der Waals surface area contributed by atoms with Crippen LogP contribution in [0.5, 0.6) is 5.75 Å². The smallest absolute Gasteiger partial charge is 0.237 e. The van der Waals surface area contributed by atoms with Gasteiger partial charge >= 0.3 is 0 Å². The van der Waals surface area contributed by atoms with Crippen molar-refractivity contribution in [2.24, 2.45) is 0 Å². The van der Waals surface area contributed by atoms with Crippen molar-refractivity contribution in [3.63, 3.8) is 0 Å². The molecule has 0 spiro atoms. The molecular formula is C25H36N2O4S. The molecule has 1 aliphatic rings. The van der Waals surface area contributed by atoms with Gasteiger partial charge in [-0.25, -0.2) is 0 Å². The van der Waals surface area contributed by atoms with E-state index in [0.717, 1.165) is 12.2 Å². The van der Waals surface area contributed by atoms with Crippen molar-refractivity contribution < 1.29 is 19.4 Å². The number of nitrogens with zero attached hydrogens (tertiary/aromatic N) is 2. The highest BCUT2D eigenvalue weighted by Gasteiger charge is 2.33. The molecule has 1 aromatic carbocycles. The highest BCUT2D eigenvalue weighted by Crippen LogP contribution is 2.34. The Balaban J connectivity index is 1.69. The summed E-state index contributed by atoms with van der Waals surface area (Å²) in [6.45, 7) is 9.10. The average Bonchev–Trinajstić information content (AvgIpc) is 3.26. The van der Waals surface area contributed by atoms with E-state index >= 15 is 0 Å². The van der Waals surface area contributed by atoms with Crippen molar-refractivity contribution in [3.05, 3.63) is 51.7 Å². The summed E-state index contributed by atoms with van der Waals surface area (Å²) in [6.07, 6.45) is 0.266. The summed E-state index contributed by atoms with van der Waals surface area (Å²) in [5.74, 6) is 1.37. The lowest BCUT2D eigenvalue weighted by molar-refractivity contribution is -0.136. The molecule has 6 nitrogen and oxygen atoms in total. The van der Waals surface area contributed by atoms with Crippen molar-refractivity contribution in [2.45, 2.75) is 45.3 Å². The number of hydrogen-bond donors (Lipinski definition) is 1. The molecule has 1 aliphatic heterocycles. The number of likely N-dealkylation sites (N-methyl/N-ethyl adjacent to an activating group) is 1. The number of ether oxygens (including phenoxy) is 2. The van der Waals surface area contributed by atoms with E-state index < -0.39 is 6.10 Å². The Morgan fingerprint density at radius 1 is 1.28 bits per heavy atom. The first-order valence-electron chi connectivity index (χ1n) is 11.4. The van der Waals surface area contributed by atoms with Gasteiger partial charge in [0.15, 0.2) is 0 Å². The van der Waals surface area contributed by atoms with E-state index in [1.165, 1.54) is 16.0 Å². The maximum absolute atomic E-state index is 13.3. The van der Waals surface area contributed by atoms with E-state index in [2.05, 4.69) is 37.4 Å². The van der Waals surface area contributed by atoms with Gasteiger partial charge in [-0.15, -0.1) is 11.3 Å². The lowest BCUT2D eigenvalue weighted by Crippen LogP contribution is -2.48. The Bertz CT molecular complexity index is 852. The molecule has 0 radical (unpaired) electrons. The van der Waals surface area contributed by atoms with Crippen LogP contribution in [0.4, 0.5) is 0 Å². The summed E-state index contributed by atoms with van der Waals surface area (Å²) in [7, 11) is 1.57. The number of rotatable bonds is 11. The molecule has 2 heterocycles. The molecule has 0 saturated carbocycles. The second kappa shape index (κ2) is 11.8. The van der Waals surface area contributed by atoms with Gasteiger partial charge in [0.2, 0.25) is 5.91 Å².